The first-order chi connectivity index (χ1) is 11.1. The Morgan fingerprint density at radius 3 is 2.43 bits per heavy atom. The lowest BCUT2D eigenvalue weighted by molar-refractivity contribution is -0.130. The summed E-state index contributed by atoms with van der Waals surface area (Å²) in [4.78, 5) is 17.9. The van der Waals surface area contributed by atoms with E-state index in [1.807, 2.05) is 11.8 Å². The Morgan fingerprint density at radius 1 is 1.17 bits per heavy atom. The van der Waals surface area contributed by atoms with Gasteiger partial charge in [-0.1, -0.05) is 26.7 Å². The molecule has 1 aromatic heterocycles. The normalized spacial score (nSPS) is 11.1. The number of nitrogens with one attached hydrogen (secondary N) is 1. The molecule has 23 heavy (non-hydrogen) atoms. The Balaban J connectivity index is 2.20. The summed E-state index contributed by atoms with van der Waals surface area (Å²) in [5, 5.41) is 0.821. The summed E-state index contributed by atoms with van der Waals surface area (Å²) in [6.07, 6.45) is 4.54. The van der Waals surface area contributed by atoms with Gasteiger partial charge in [0.25, 0.3) is 0 Å². The number of carbonyl (C=O) groups excluding carboxylic acids is 1. The van der Waals surface area contributed by atoms with Crippen molar-refractivity contribution in [3.05, 3.63) is 35.3 Å². The lowest BCUT2D eigenvalue weighted by Gasteiger charge is -2.22. The van der Waals surface area contributed by atoms with Gasteiger partial charge in [0.2, 0.25) is 5.91 Å². The lowest BCUT2D eigenvalue weighted by Crippen LogP contribution is -2.34. The third kappa shape index (κ3) is 4.34. The summed E-state index contributed by atoms with van der Waals surface area (Å²) < 4.78 is 13.5. The topological polar surface area (TPSA) is 36.1 Å². The number of hydrogen-bond donors (Lipinski definition) is 1. The summed E-state index contributed by atoms with van der Waals surface area (Å²) in [5.74, 6) is -0.126. The fraction of sp³-hybridized carbons (Fsp3) is 0.526. The van der Waals surface area contributed by atoms with Gasteiger partial charge in [-0.15, -0.1) is 0 Å². The van der Waals surface area contributed by atoms with Crippen LogP contribution in [0, 0.1) is 12.7 Å². The first-order valence-electron chi connectivity index (χ1n) is 8.61. The van der Waals surface area contributed by atoms with Gasteiger partial charge in [0.15, 0.2) is 0 Å². The first-order valence-corrected chi connectivity index (χ1v) is 8.61. The molecule has 0 fully saturated rings. The van der Waals surface area contributed by atoms with Crippen molar-refractivity contribution >= 4 is 16.8 Å². The standard InChI is InChI=1S/C19H27FN2O/c1-4-6-10-22(11-7-5-2)19(23)13-16-14(3)21-18-9-8-15(20)12-17(16)18/h8-9,12,21H,4-7,10-11,13H2,1-3H3. The van der Waals surface area contributed by atoms with Crippen LogP contribution in [0.4, 0.5) is 4.39 Å². The minimum Gasteiger partial charge on any atom is -0.358 e. The van der Waals surface area contributed by atoms with Crippen molar-refractivity contribution in [2.75, 3.05) is 13.1 Å². The van der Waals surface area contributed by atoms with E-state index >= 15 is 0 Å². The fourth-order valence-corrected chi connectivity index (χ4v) is 2.90. The third-order valence-corrected chi connectivity index (χ3v) is 4.33. The second-order valence-corrected chi connectivity index (χ2v) is 6.18. The molecule has 0 unspecified atom stereocenters. The second-order valence-electron chi connectivity index (χ2n) is 6.18. The molecule has 0 saturated carbocycles. The number of halogens is 1. The highest BCUT2D eigenvalue weighted by atomic mass is 19.1. The molecule has 0 saturated heterocycles. The molecule has 2 rings (SSSR count). The molecule has 1 N–H and O–H groups in total. The monoisotopic (exact) mass is 318 g/mol. The van der Waals surface area contributed by atoms with Gasteiger partial charge in [-0.05, 0) is 43.5 Å². The Kier molecular flexibility index (Phi) is 6.20. The molecule has 0 aliphatic heterocycles. The third-order valence-electron chi connectivity index (χ3n) is 4.33. The summed E-state index contributed by atoms with van der Waals surface area (Å²) in [6.45, 7) is 7.84. The number of amides is 1. The largest absolute Gasteiger partial charge is 0.358 e. The number of H-pyrrole nitrogens is 1. The van der Waals surface area contributed by atoms with E-state index in [-0.39, 0.29) is 11.7 Å². The van der Waals surface area contributed by atoms with Gasteiger partial charge in [-0.2, -0.15) is 0 Å². The number of nitrogens with zero attached hydrogens (tertiary/aromatic N) is 1. The number of aryl methyl sites for hydroxylation is 1. The van der Waals surface area contributed by atoms with Gasteiger partial charge in [0, 0.05) is 29.7 Å². The van der Waals surface area contributed by atoms with Crippen LogP contribution in [0.25, 0.3) is 10.9 Å². The van der Waals surface area contributed by atoms with E-state index < -0.39 is 0 Å². The molecule has 0 atom stereocenters. The molecule has 0 bridgehead atoms. The smallest absolute Gasteiger partial charge is 0.227 e. The van der Waals surface area contributed by atoms with Crippen LogP contribution >= 0.6 is 0 Å². The van der Waals surface area contributed by atoms with Crippen LogP contribution < -0.4 is 0 Å². The SMILES string of the molecule is CCCCN(CCCC)C(=O)Cc1c(C)[nH]c2ccc(F)cc12. The van der Waals surface area contributed by atoms with E-state index in [1.54, 1.807) is 6.07 Å². The highest BCUT2D eigenvalue weighted by molar-refractivity contribution is 5.90. The van der Waals surface area contributed by atoms with Gasteiger partial charge >= 0.3 is 0 Å². The van der Waals surface area contributed by atoms with Crippen molar-refractivity contribution in [3.8, 4) is 0 Å². The Labute approximate surface area is 137 Å². The zero-order valence-corrected chi connectivity index (χ0v) is 14.4. The molecule has 0 radical (unpaired) electrons. The molecule has 0 aliphatic carbocycles. The number of unbranched alkanes of at least 4 members (excludes halogenated alkanes) is 2. The molecule has 1 amide bonds. The van der Waals surface area contributed by atoms with E-state index in [2.05, 4.69) is 18.8 Å². The fourth-order valence-electron chi connectivity index (χ4n) is 2.90. The van der Waals surface area contributed by atoms with Crippen LogP contribution in [0.3, 0.4) is 0 Å². The van der Waals surface area contributed by atoms with Crippen LogP contribution in [0.1, 0.15) is 50.8 Å². The molecule has 2 aromatic rings. The molecule has 4 heteroatoms. The number of aromatic amines is 1. The van der Waals surface area contributed by atoms with Crippen LogP contribution in [0.5, 0.6) is 0 Å². The quantitative estimate of drug-likeness (QED) is 0.759. The zero-order chi connectivity index (χ0) is 16.8. The average Bonchev–Trinajstić information content (AvgIpc) is 2.83. The molecule has 126 valence electrons. The van der Waals surface area contributed by atoms with E-state index in [0.717, 1.165) is 60.9 Å². The van der Waals surface area contributed by atoms with Gasteiger partial charge < -0.3 is 9.88 Å². The lowest BCUT2D eigenvalue weighted by atomic mass is 10.1. The highest BCUT2D eigenvalue weighted by Crippen LogP contribution is 2.24. The first kappa shape index (κ1) is 17.5. The van der Waals surface area contributed by atoms with Crippen LogP contribution in [0.15, 0.2) is 18.2 Å². The van der Waals surface area contributed by atoms with Crippen molar-refractivity contribution in [3.63, 3.8) is 0 Å². The maximum absolute atomic E-state index is 13.5. The molecular weight excluding hydrogens is 291 g/mol. The molecule has 0 spiro atoms. The molecule has 1 heterocycles. The van der Waals surface area contributed by atoms with Gasteiger partial charge in [-0.25, -0.2) is 4.39 Å². The highest BCUT2D eigenvalue weighted by Gasteiger charge is 2.17. The van der Waals surface area contributed by atoms with E-state index in [0.29, 0.717) is 6.42 Å². The Morgan fingerprint density at radius 2 is 1.83 bits per heavy atom. The number of benzene rings is 1. The van der Waals surface area contributed by atoms with Crippen molar-refractivity contribution < 1.29 is 9.18 Å². The minimum atomic E-state index is -0.265. The van der Waals surface area contributed by atoms with E-state index in [9.17, 15) is 9.18 Å². The number of fused-ring (bicyclic) bond motifs is 1. The molecule has 3 nitrogen and oxygen atoms in total. The van der Waals surface area contributed by atoms with Gasteiger partial charge in [0.05, 0.1) is 6.42 Å². The number of aromatic nitrogens is 1. The predicted molar refractivity (Wildman–Crippen MR) is 93.1 cm³/mol. The number of hydrogen-bond acceptors (Lipinski definition) is 1. The second kappa shape index (κ2) is 8.14. The summed E-state index contributed by atoms with van der Waals surface area (Å²) >= 11 is 0. The Hall–Kier alpha value is -1.84. The van der Waals surface area contributed by atoms with Crippen LogP contribution in [-0.2, 0) is 11.2 Å². The maximum atomic E-state index is 13.5. The van der Waals surface area contributed by atoms with Crippen molar-refractivity contribution in [1.82, 2.24) is 9.88 Å². The predicted octanol–water partition coefficient (Wildman–Crippen LogP) is 4.59. The average molecular weight is 318 g/mol. The molecular formula is C19H27FN2O. The zero-order valence-electron chi connectivity index (χ0n) is 14.4. The summed E-state index contributed by atoms with van der Waals surface area (Å²) in [5.41, 5.74) is 2.76. The van der Waals surface area contributed by atoms with Crippen molar-refractivity contribution in [2.45, 2.75) is 52.9 Å². The maximum Gasteiger partial charge on any atom is 0.227 e. The number of carbonyl (C=O) groups is 1. The van der Waals surface area contributed by atoms with Crippen LogP contribution in [-0.4, -0.2) is 28.9 Å². The van der Waals surface area contributed by atoms with Gasteiger partial charge in [0.1, 0.15) is 5.82 Å². The minimum absolute atomic E-state index is 0.139. The molecule has 0 aliphatic rings. The number of rotatable bonds is 8. The van der Waals surface area contributed by atoms with E-state index in [4.69, 9.17) is 0 Å². The molecule has 1 aromatic carbocycles. The van der Waals surface area contributed by atoms with Crippen LogP contribution in [0.2, 0.25) is 0 Å². The Bertz CT molecular complexity index is 655. The van der Waals surface area contributed by atoms with Crippen molar-refractivity contribution in [2.24, 2.45) is 0 Å². The summed E-state index contributed by atoms with van der Waals surface area (Å²) in [6, 6.07) is 4.69. The summed E-state index contributed by atoms with van der Waals surface area (Å²) in [7, 11) is 0. The van der Waals surface area contributed by atoms with Crippen molar-refractivity contribution in [1.29, 1.82) is 0 Å². The van der Waals surface area contributed by atoms with E-state index in [1.165, 1.54) is 12.1 Å². The van der Waals surface area contributed by atoms with Gasteiger partial charge in [-0.3, -0.25) is 4.79 Å².